The molecule has 0 saturated heterocycles. The Kier molecular flexibility index (Phi) is 4.10. The Morgan fingerprint density at radius 1 is 1.57 bits per heavy atom. The number of rotatable bonds is 3. The van der Waals surface area contributed by atoms with Crippen molar-refractivity contribution in [2.45, 2.75) is 13.3 Å². The topological polar surface area (TPSA) is 52.1 Å². The Bertz CT molecular complexity index is 344. The van der Waals surface area contributed by atoms with Crippen molar-refractivity contribution < 1.29 is 9.53 Å². The fraction of sp³-hybridized carbons (Fsp3) is 0.375. The summed E-state index contributed by atoms with van der Waals surface area (Å²) in [7, 11) is 0. The molecule has 0 amide bonds. The largest absolute Gasteiger partial charge is 0.462 e. The first-order valence-electron chi connectivity index (χ1n) is 4.00. The van der Waals surface area contributed by atoms with Crippen LogP contribution in [0.15, 0.2) is 6.20 Å². The maximum atomic E-state index is 11.3. The van der Waals surface area contributed by atoms with E-state index >= 15 is 0 Å². The Balaban J connectivity index is 2.80. The lowest BCUT2D eigenvalue weighted by atomic mass is 10.3. The van der Waals surface area contributed by atoms with Gasteiger partial charge in [-0.1, -0.05) is 18.5 Å². The molecular formula is C8H8Cl2N2O2. The molecule has 6 heteroatoms. The van der Waals surface area contributed by atoms with Crippen molar-refractivity contribution in [1.29, 1.82) is 0 Å². The van der Waals surface area contributed by atoms with Crippen LogP contribution in [0.25, 0.3) is 0 Å². The van der Waals surface area contributed by atoms with E-state index in [4.69, 9.17) is 27.9 Å². The summed E-state index contributed by atoms with van der Waals surface area (Å²) < 4.78 is 4.85. The highest BCUT2D eigenvalue weighted by atomic mass is 35.5. The lowest BCUT2D eigenvalue weighted by molar-refractivity contribution is 0.0504. The van der Waals surface area contributed by atoms with E-state index in [0.717, 1.165) is 6.42 Å². The number of carbonyl (C=O) groups excluding carboxylic acids is 1. The van der Waals surface area contributed by atoms with Crippen LogP contribution in [0.3, 0.4) is 0 Å². The van der Waals surface area contributed by atoms with Gasteiger partial charge >= 0.3 is 5.97 Å². The minimum absolute atomic E-state index is 0.00189. The third-order valence-electron chi connectivity index (χ3n) is 1.37. The first-order valence-corrected chi connectivity index (χ1v) is 4.76. The van der Waals surface area contributed by atoms with E-state index in [1.165, 1.54) is 6.20 Å². The van der Waals surface area contributed by atoms with Gasteiger partial charge < -0.3 is 4.74 Å². The van der Waals surface area contributed by atoms with Crippen LogP contribution >= 0.6 is 23.2 Å². The SMILES string of the molecule is CCCOC(=O)c1cnc(Cl)nc1Cl. The van der Waals surface area contributed by atoms with Crippen LogP contribution < -0.4 is 0 Å². The molecule has 14 heavy (non-hydrogen) atoms. The van der Waals surface area contributed by atoms with Gasteiger partial charge in [-0.25, -0.2) is 14.8 Å². The Hall–Kier alpha value is -0.870. The Labute approximate surface area is 91.2 Å². The van der Waals surface area contributed by atoms with E-state index < -0.39 is 5.97 Å². The molecule has 4 nitrogen and oxygen atoms in total. The second-order valence-corrected chi connectivity index (χ2v) is 3.18. The van der Waals surface area contributed by atoms with Crippen molar-refractivity contribution in [3.8, 4) is 0 Å². The summed E-state index contributed by atoms with van der Waals surface area (Å²) in [6.07, 6.45) is 1.99. The van der Waals surface area contributed by atoms with Gasteiger partial charge in [-0.3, -0.25) is 0 Å². The van der Waals surface area contributed by atoms with E-state index in [1.807, 2.05) is 6.92 Å². The number of hydrogen-bond acceptors (Lipinski definition) is 4. The van der Waals surface area contributed by atoms with Gasteiger partial charge in [0.05, 0.1) is 6.61 Å². The summed E-state index contributed by atoms with van der Waals surface area (Å²) in [4.78, 5) is 18.6. The number of aromatic nitrogens is 2. The van der Waals surface area contributed by atoms with E-state index in [0.29, 0.717) is 6.61 Å². The number of hydrogen-bond donors (Lipinski definition) is 0. The Morgan fingerprint density at radius 3 is 2.86 bits per heavy atom. The van der Waals surface area contributed by atoms with Crippen LogP contribution in [0.4, 0.5) is 0 Å². The van der Waals surface area contributed by atoms with Crippen molar-refractivity contribution in [1.82, 2.24) is 9.97 Å². The maximum absolute atomic E-state index is 11.3. The van der Waals surface area contributed by atoms with Gasteiger partial charge in [-0.15, -0.1) is 0 Å². The van der Waals surface area contributed by atoms with Gasteiger partial charge in [0.2, 0.25) is 5.28 Å². The third kappa shape index (κ3) is 2.82. The highest BCUT2D eigenvalue weighted by molar-refractivity contribution is 6.33. The number of nitrogens with zero attached hydrogens (tertiary/aromatic N) is 2. The molecule has 1 rings (SSSR count). The number of halogens is 2. The van der Waals surface area contributed by atoms with Crippen LogP contribution in [0, 0.1) is 0 Å². The second-order valence-electron chi connectivity index (χ2n) is 2.48. The highest BCUT2D eigenvalue weighted by Crippen LogP contribution is 2.15. The molecule has 0 fully saturated rings. The van der Waals surface area contributed by atoms with Crippen molar-refractivity contribution in [3.05, 3.63) is 22.2 Å². The van der Waals surface area contributed by atoms with Gasteiger partial charge in [0.25, 0.3) is 0 Å². The zero-order valence-electron chi connectivity index (χ0n) is 7.46. The smallest absolute Gasteiger partial charge is 0.342 e. The van der Waals surface area contributed by atoms with Crippen molar-refractivity contribution >= 4 is 29.2 Å². The van der Waals surface area contributed by atoms with Crippen LogP contribution in [0.1, 0.15) is 23.7 Å². The summed E-state index contributed by atoms with van der Waals surface area (Å²) >= 11 is 11.1. The summed E-state index contributed by atoms with van der Waals surface area (Å²) in [5.41, 5.74) is 0.129. The molecular weight excluding hydrogens is 227 g/mol. The van der Waals surface area contributed by atoms with Crippen LogP contribution in [0.5, 0.6) is 0 Å². The summed E-state index contributed by atoms with van der Waals surface area (Å²) in [5.74, 6) is -0.534. The normalized spacial score (nSPS) is 9.93. The van der Waals surface area contributed by atoms with Crippen LogP contribution in [-0.2, 0) is 4.74 Å². The quantitative estimate of drug-likeness (QED) is 0.458. The average molecular weight is 235 g/mol. The molecule has 0 bridgehead atoms. The molecule has 1 aromatic rings. The zero-order valence-corrected chi connectivity index (χ0v) is 8.97. The first-order chi connectivity index (χ1) is 6.65. The predicted octanol–water partition coefficient (Wildman–Crippen LogP) is 2.35. The first kappa shape index (κ1) is 11.2. The summed E-state index contributed by atoms with van der Waals surface area (Å²) in [5, 5.41) is 0.00754. The Morgan fingerprint density at radius 2 is 2.29 bits per heavy atom. The molecule has 1 heterocycles. The summed E-state index contributed by atoms with van der Waals surface area (Å²) in [6, 6.07) is 0. The molecule has 0 radical (unpaired) electrons. The lowest BCUT2D eigenvalue weighted by Gasteiger charge is -2.03. The maximum Gasteiger partial charge on any atom is 0.342 e. The molecule has 0 spiro atoms. The van der Waals surface area contributed by atoms with Gasteiger partial charge in [-0.05, 0) is 18.0 Å². The molecule has 0 N–H and O–H groups in total. The van der Waals surface area contributed by atoms with Gasteiger partial charge in [0, 0.05) is 6.20 Å². The standard InChI is InChI=1S/C8H8Cl2N2O2/c1-2-3-14-7(13)5-4-11-8(10)12-6(5)9/h4H,2-3H2,1H3. The fourth-order valence-corrected chi connectivity index (χ4v) is 1.13. The van der Waals surface area contributed by atoms with E-state index in [9.17, 15) is 4.79 Å². The van der Waals surface area contributed by atoms with Crippen molar-refractivity contribution in [2.24, 2.45) is 0 Å². The molecule has 0 saturated carbocycles. The molecule has 0 unspecified atom stereocenters. The minimum atomic E-state index is -0.534. The van der Waals surface area contributed by atoms with Crippen molar-refractivity contribution in [3.63, 3.8) is 0 Å². The summed E-state index contributed by atoms with van der Waals surface area (Å²) in [6.45, 7) is 2.24. The van der Waals surface area contributed by atoms with E-state index in [-0.39, 0.29) is 16.0 Å². The van der Waals surface area contributed by atoms with E-state index in [2.05, 4.69) is 9.97 Å². The monoisotopic (exact) mass is 234 g/mol. The number of carbonyl (C=O) groups is 1. The lowest BCUT2D eigenvalue weighted by Crippen LogP contribution is -2.08. The predicted molar refractivity (Wildman–Crippen MR) is 52.6 cm³/mol. The molecule has 0 atom stereocenters. The molecule has 1 aromatic heterocycles. The average Bonchev–Trinajstić information content (AvgIpc) is 2.14. The molecule has 0 aliphatic rings. The van der Waals surface area contributed by atoms with Gasteiger partial charge in [0.15, 0.2) is 0 Å². The zero-order chi connectivity index (χ0) is 10.6. The molecule has 0 aliphatic heterocycles. The highest BCUT2D eigenvalue weighted by Gasteiger charge is 2.13. The fourth-order valence-electron chi connectivity index (χ4n) is 0.751. The minimum Gasteiger partial charge on any atom is -0.462 e. The third-order valence-corrected chi connectivity index (χ3v) is 1.84. The van der Waals surface area contributed by atoms with Crippen LogP contribution in [-0.4, -0.2) is 22.5 Å². The molecule has 76 valence electrons. The van der Waals surface area contributed by atoms with E-state index in [1.54, 1.807) is 0 Å². The van der Waals surface area contributed by atoms with Gasteiger partial charge in [0.1, 0.15) is 10.7 Å². The van der Waals surface area contributed by atoms with Crippen LogP contribution in [0.2, 0.25) is 10.4 Å². The number of ether oxygens (including phenoxy) is 1. The number of esters is 1. The van der Waals surface area contributed by atoms with Gasteiger partial charge in [-0.2, -0.15) is 0 Å². The molecule has 0 aromatic carbocycles. The second kappa shape index (κ2) is 5.12. The van der Waals surface area contributed by atoms with Crippen molar-refractivity contribution in [2.75, 3.05) is 6.61 Å². The molecule has 0 aliphatic carbocycles.